The Morgan fingerprint density at radius 3 is 2.91 bits per heavy atom. The summed E-state index contributed by atoms with van der Waals surface area (Å²) >= 11 is 12.1. The van der Waals surface area contributed by atoms with Gasteiger partial charge in [0.2, 0.25) is 0 Å². The van der Waals surface area contributed by atoms with Crippen LogP contribution < -0.4 is 0 Å². The number of fused-ring (bicyclic) bond motifs is 2. The fraction of sp³-hybridized carbons (Fsp3) is 0.389. The van der Waals surface area contributed by atoms with E-state index in [1.54, 1.807) is 6.07 Å². The molecule has 1 aromatic carbocycles. The lowest BCUT2D eigenvalue weighted by Crippen LogP contribution is -2.48. The molecule has 0 saturated carbocycles. The number of nitrogens with zero attached hydrogens (tertiary/aromatic N) is 2. The Balaban J connectivity index is 1.56. The third-order valence-corrected chi connectivity index (χ3v) is 5.39. The highest BCUT2D eigenvalue weighted by Gasteiger charge is 2.43. The van der Waals surface area contributed by atoms with Crippen molar-refractivity contribution in [1.82, 2.24) is 9.88 Å². The van der Waals surface area contributed by atoms with Gasteiger partial charge in [-0.15, -0.1) is 0 Å². The molecule has 1 atom stereocenters. The van der Waals surface area contributed by atoms with E-state index in [2.05, 4.69) is 34.1 Å². The number of rotatable bonds is 2. The largest absolute Gasteiger partial charge is 0.368 e. The summed E-state index contributed by atoms with van der Waals surface area (Å²) in [6.07, 6.45) is 2.14. The molecule has 4 rings (SSSR count). The number of benzene rings is 1. The molecule has 1 aliphatic heterocycles. The molecule has 3 nitrogen and oxygen atoms in total. The number of aromatic nitrogens is 1. The maximum absolute atomic E-state index is 6.26. The first-order valence-corrected chi connectivity index (χ1v) is 8.67. The van der Waals surface area contributed by atoms with Crippen molar-refractivity contribution >= 4 is 23.2 Å². The average Bonchev–Trinajstić information content (AvgIpc) is 2.89. The number of aryl methyl sites for hydroxylation is 1. The maximum Gasteiger partial charge on any atom is 0.135 e. The molecule has 0 radical (unpaired) electrons. The molecule has 1 saturated heterocycles. The highest BCUT2D eigenvalue weighted by atomic mass is 35.5. The smallest absolute Gasteiger partial charge is 0.135 e. The van der Waals surface area contributed by atoms with Crippen molar-refractivity contribution in [2.75, 3.05) is 19.7 Å². The molecule has 0 unspecified atom stereocenters. The van der Waals surface area contributed by atoms with Gasteiger partial charge in [0.1, 0.15) is 15.9 Å². The fourth-order valence-electron chi connectivity index (χ4n) is 3.76. The summed E-state index contributed by atoms with van der Waals surface area (Å²) in [4.78, 5) is 6.54. The van der Waals surface area contributed by atoms with Crippen molar-refractivity contribution in [2.45, 2.75) is 25.0 Å². The molecule has 0 amide bonds. The summed E-state index contributed by atoms with van der Waals surface area (Å²) in [5, 5.41) is 0.923. The van der Waals surface area contributed by atoms with Gasteiger partial charge in [-0.05, 0) is 30.0 Å². The van der Waals surface area contributed by atoms with Crippen molar-refractivity contribution in [3.63, 3.8) is 0 Å². The van der Waals surface area contributed by atoms with Gasteiger partial charge in [-0.2, -0.15) is 0 Å². The molecule has 120 valence electrons. The summed E-state index contributed by atoms with van der Waals surface area (Å²) in [5.41, 5.74) is 3.62. The number of hydrogen-bond donors (Lipinski definition) is 0. The Kier molecular flexibility index (Phi) is 4.06. The lowest BCUT2D eigenvalue weighted by atomic mass is 9.93. The van der Waals surface area contributed by atoms with Crippen molar-refractivity contribution in [2.24, 2.45) is 0 Å². The Morgan fingerprint density at radius 1 is 1.17 bits per heavy atom. The lowest BCUT2D eigenvalue weighted by molar-refractivity contribution is -0.115. The third-order valence-electron chi connectivity index (χ3n) is 4.86. The molecule has 2 aliphatic rings. The second-order valence-corrected chi connectivity index (χ2v) is 7.04. The molecular formula is C18H18Cl2N2O. The zero-order valence-corrected chi connectivity index (χ0v) is 14.3. The van der Waals surface area contributed by atoms with Crippen LogP contribution in [0.5, 0.6) is 0 Å². The SMILES string of the molecule is Clc1ccc(CN2CCO[C@]3(CCc4ccccc43)C2)c(Cl)n1. The third kappa shape index (κ3) is 2.87. The molecule has 5 heteroatoms. The fourth-order valence-corrected chi connectivity index (χ4v) is 4.16. The molecule has 0 bridgehead atoms. The summed E-state index contributed by atoms with van der Waals surface area (Å²) in [6.45, 7) is 3.31. The predicted octanol–water partition coefficient (Wildman–Crippen LogP) is 4.06. The van der Waals surface area contributed by atoms with Gasteiger partial charge in [-0.3, -0.25) is 4.90 Å². The normalized spacial score (nSPS) is 24.1. The molecular weight excluding hydrogens is 331 g/mol. The monoisotopic (exact) mass is 348 g/mol. The van der Waals surface area contributed by atoms with E-state index in [0.717, 1.165) is 44.6 Å². The van der Waals surface area contributed by atoms with Crippen LogP contribution in [0.15, 0.2) is 36.4 Å². The van der Waals surface area contributed by atoms with E-state index in [-0.39, 0.29) is 5.60 Å². The van der Waals surface area contributed by atoms with Gasteiger partial charge in [0.25, 0.3) is 0 Å². The van der Waals surface area contributed by atoms with E-state index in [1.807, 2.05) is 6.07 Å². The highest BCUT2D eigenvalue weighted by Crippen LogP contribution is 2.42. The lowest BCUT2D eigenvalue weighted by Gasteiger charge is -2.41. The summed E-state index contributed by atoms with van der Waals surface area (Å²) in [7, 11) is 0. The van der Waals surface area contributed by atoms with Crippen LogP contribution in [0.1, 0.15) is 23.1 Å². The van der Waals surface area contributed by atoms with Crippen molar-refractivity contribution in [3.05, 3.63) is 63.4 Å². The van der Waals surface area contributed by atoms with Crippen LogP contribution in [0.4, 0.5) is 0 Å². The molecule has 1 fully saturated rings. The van der Waals surface area contributed by atoms with E-state index in [0.29, 0.717) is 10.3 Å². The second kappa shape index (κ2) is 6.06. The minimum atomic E-state index is -0.166. The van der Waals surface area contributed by atoms with Gasteiger partial charge >= 0.3 is 0 Å². The molecule has 1 spiro atoms. The zero-order chi connectivity index (χ0) is 15.9. The van der Waals surface area contributed by atoms with Crippen molar-refractivity contribution in [1.29, 1.82) is 0 Å². The average molecular weight is 349 g/mol. The number of ether oxygens (including phenoxy) is 1. The van der Waals surface area contributed by atoms with Gasteiger partial charge in [-0.25, -0.2) is 4.98 Å². The highest BCUT2D eigenvalue weighted by molar-refractivity contribution is 6.32. The number of halogens is 2. The van der Waals surface area contributed by atoms with E-state index in [1.165, 1.54) is 11.1 Å². The molecule has 2 heterocycles. The Morgan fingerprint density at radius 2 is 2.04 bits per heavy atom. The quantitative estimate of drug-likeness (QED) is 0.765. The Labute approximate surface area is 146 Å². The first-order chi connectivity index (χ1) is 11.2. The van der Waals surface area contributed by atoms with Crippen LogP contribution in [-0.2, 0) is 23.3 Å². The molecule has 23 heavy (non-hydrogen) atoms. The zero-order valence-electron chi connectivity index (χ0n) is 12.8. The minimum absolute atomic E-state index is 0.166. The molecule has 2 aromatic rings. The summed E-state index contributed by atoms with van der Waals surface area (Å²) in [6, 6.07) is 12.4. The minimum Gasteiger partial charge on any atom is -0.368 e. The van der Waals surface area contributed by atoms with Crippen LogP contribution in [0.25, 0.3) is 0 Å². The maximum atomic E-state index is 6.26. The van der Waals surface area contributed by atoms with Crippen LogP contribution in [-0.4, -0.2) is 29.6 Å². The van der Waals surface area contributed by atoms with E-state index in [9.17, 15) is 0 Å². The van der Waals surface area contributed by atoms with E-state index >= 15 is 0 Å². The van der Waals surface area contributed by atoms with Gasteiger partial charge in [0.15, 0.2) is 0 Å². The molecule has 0 N–H and O–H groups in total. The first-order valence-electron chi connectivity index (χ1n) is 7.92. The van der Waals surface area contributed by atoms with E-state index in [4.69, 9.17) is 27.9 Å². The summed E-state index contributed by atoms with van der Waals surface area (Å²) in [5.74, 6) is 0. The number of morpholine rings is 1. The Hall–Kier alpha value is -1.13. The number of pyridine rings is 1. The van der Waals surface area contributed by atoms with Gasteiger partial charge in [0.05, 0.1) is 6.61 Å². The first kappa shape index (κ1) is 15.4. The predicted molar refractivity (Wildman–Crippen MR) is 91.9 cm³/mol. The number of hydrogen-bond acceptors (Lipinski definition) is 3. The van der Waals surface area contributed by atoms with Crippen molar-refractivity contribution < 1.29 is 4.74 Å². The second-order valence-electron chi connectivity index (χ2n) is 6.29. The van der Waals surface area contributed by atoms with Crippen LogP contribution in [0.3, 0.4) is 0 Å². The topological polar surface area (TPSA) is 25.4 Å². The molecule has 1 aromatic heterocycles. The van der Waals surface area contributed by atoms with Gasteiger partial charge in [0, 0.05) is 25.2 Å². The van der Waals surface area contributed by atoms with Gasteiger partial charge in [-0.1, -0.05) is 53.5 Å². The van der Waals surface area contributed by atoms with Crippen LogP contribution >= 0.6 is 23.2 Å². The molecule has 1 aliphatic carbocycles. The Bertz CT molecular complexity index is 733. The van der Waals surface area contributed by atoms with E-state index < -0.39 is 0 Å². The van der Waals surface area contributed by atoms with Gasteiger partial charge < -0.3 is 4.74 Å². The van der Waals surface area contributed by atoms with Crippen molar-refractivity contribution in [3.8, 4) is 0 Å². The summed E-state index contributed by atoms with van der Waals surface area (Å²) < 4.78 is 6.26. The van der Waals surface area contributed by atoms with Crippen LogP contribution in [0, 0.1) is 0 Å². The van der Waals surface area contributed by atoms with Crippen LogP contribution in [0.2, 0.25) is 10.3 Å². The standard InChI is InChI=1S/C18H18Cl2N2O/c19-16-6-5-14(17(20)21-16)11-22-9-10-23-18(12-22)8-7-13-3-1-2-4-15(13)18/h1-6H,7-12H2/t18-/m1/s1.